The molecule has 1 aromatic heterocycles. The first-order chi connectivity index (χ1) is 10.6. The Morgan fingerprint density at radius 1 is 1.09 bits per heavy atom. The lowest BCUT2D eigenvalue weighted by molar-refractivity contribution is -0.123. The Balaban J connectivity index is 2.42. The van der Waals surface area contributed by atoms with Crippen molar-refractivity contribution in [1.82, 2.24) is 9.88 Å². The van der Waals surface area contributed by atoms with Gasteiger partial charge >= 0.3 is 0 Å². The molecule has 0 saturated carbocycles. The number of carbonyl (C=O) groups is 2. The number of nitrogens with zero attached hydrogens (tertiary/aromatic N) is 1. The van der Waals surface area contributed by atoms with Crippen molar-refractivity contribution < 1.29 is 14.7 Å². The smallest absolute Gasteiger partial charge is 0.251 e. The molecular weight excluding hydrogens is 284 g/mol. The topological polar surface area (TPSA) is 88.4 Å². The zero-order chi connectivity index (χ0) is 15.9. The standard InChI is InChI=1S/C16H16N2O4/c19-11-9-17-16(22)14(18-10-5-4-8-13(18)20)15(21)12-6-2-1-3-7-12/h1-8,10,14,19H,9,11H2,(H,17,22)/t14-/m1/s1. The van der Waals surface area contributed by atoms with Crippen LogP contribution in [0.4, 0.5) is 0 Å². The lowest BCUT2D eigenvalue weighted by Gasteiger charge is -2.18. The first kappa shape index (κ1) is 15.7. The normalized spacial score (nSPS) is 11.7. The number of nitrogens with one attached hydrogen (secondary N) is 1. The van der Waals surface area contributed by atoms with Crippen molar-refractivity contribution in [1.29, 1.82) is 0 Å². The van der Waals surface area contributed by atoms with Gasteiger partial charge in [0, 0.05) is 24.4 Å². The number of aromatic nitrogens is 1. The highest BCUT2D eigenvalue weighted by Gasteiger charge is 2.29. The maximum Gasteiger partial charge on any atom is 0.251 e. The van der Waals surface area contributed by atoms with Crippen LogP contribution in [0, 0.1) is 0 Å². The van der Waals surface area contributed by atoms with Gasteiger partial charge in [0.1, 0.15) is 0 Å². The van der Waals surface area contributed by atoms with E-state index >= 15 is 0 Å². The summed E-state index contributed by atoms with van der Waals surface area (Å²) in [6, 6.07) is 11.4. The van der Waals surface area contributed by atoms with Gasteiger partial charge in [0.25, 0.3) is 11.5 Å². The molecule has 0 bridgehead atoms. The van der Waals surface area contributed by atoms with Crippen LogP contribution in [0.2, 0.25) is 0 Å². The van der Waals surface area contributed by atoms with Gasteiger partial charge in [-0.2, -0.15) is 0 Å². The van der Waals surface area contributed by atoms with E-state index in [1.807, 2.05) is 0 Å². The van der Waals surface area contributed by atoms with Gasteiger partial charge < -0.3 is 10.4 Å². The van der Waals surface area contributed by atoms with Gasteiger partial charge in [-0.3, -0.25) is 19.0 Å². The molecule has 1 atom stereocenters. The summed E-state index contributed by atoms with van der Waals surface area (Å²) in [4.78, 5) is 36.8. The summed E-state index contributed by atoms with van der Waals surface area (Å²) >= 11 is 0. The van der Waals surface area contributed by atoms with Gasteiger partial charge in [0.2, 0.25) is 0 Å². The van der Waals surface area contributed by atoms with E-state index in [0.29, 0.717) is 5.56 Å². The first-order valence-corrected chi connectivity index (χ1v) is 6.80. The van der Waals surface area contributed by atoms with Crippen molar-refractivity contribution in [2.24, 2.45) is 0 Å². The average Bonchev–Trinajstić information content (AvgIpc) is 2.55. The van der Waals surface area contributed by atoms with E-state index in [1.54, 1.807) is 36.4 Å². The molecule has 2 rings (SSSR count). The van der Waals surface area contributed by atoms with E-state index in [0.717, 1.165) is 4.57 Å². The maximum absolute atomic E-state index is 12.6. The number of hydrogen-bond donors (Lipinski definition) is 2. The average molecular weight is 300 g/mol. The van der Waals surface area contributed by atoms with Crippen LogP contribution in [-0.2, 0) is 4.79 Å². The Morgan fingerprint density at radius 2 is 1.77 bits per heavy atom. The molecule has 0 aliphatic heterocycles. The fourth-order valence-corrected chi connectivity index (χ4v) is 2.06. The molecule has 22 heavy (non-hydrogen) atoms. The van der Waals surface area contributed by atoms with Crippen molar-refractivity contribution >= 4 is 11.7 Å². The second kappa shape index (κ2) is 7.33. The molecule has 0 aliphatic rings. The van der Waals surface area contributed by atoms with Gasteiger partial charge in [-0.25, -0.2) is 0 Å². The van der Waals surface area contributed by atoms with Crippen LogP contribution in [0.25, 0.3) is 0 Å². The summed E-state index contributed by atoms with van der Waals surface area (Å²) in [5.74, 6) is -1.11. The van der Waals surface area contributed by atoms with Crippen LogP contribution in [-0.4, -0.2) is 34.5 Å². The number of aliphatic hydroxyl groups excluding tert-OH is 1. The Hall–Kier alpha value is -2.73. The van der Waals surface area contributed by atoms with Crippen LogP contribution in [0.5, 0.6) is 0 Å². The number of aliphatic hydroxyl groups is 1. The highest BCUT2D eigenvalue weighted by Crippen LogP contribution is 2.13. The molecule has 0 fully saturated rings. The van der Waals surface area contributed by atoms with Gasteiger partial charge in [0.05, 0.1) is 6.61 Å². The van der Waals surface area contributed by atoms with Crippen LogP contribution >= 0.6 is 0 Å². The van der Waals surface area contributed by atoms with Crippen LogP contribution < -0.4 is 10.9 Å². The molecule has 1 amide bonds. The highest BCUT2D eigenvalue weighted by molar-refractivity contribution is 6.11. The summed E-state index contributed by atoms with van der Waals surface area (Å²) in [6.45, 7) is -0.235. The van der Waals surface area contributed by atoms with E-state index in [1.165, 1.54) is 18.3 Å². The molecule has 6 nitrogen and oxygen atoms in total. The van der Waals surface area contributed by atoms with Crippen molar-refractivity contribution in [3.05, 3.63) is 70.6 Å². The molecule has 0 saturated heterocycles. The third-order valence-electron chi connectivity index (χ3n) is 3.10. The molecule has 1 aromatic carbocycles. The minimum Gasteiger partial charge on any atom is -0.395 e. The van der Waals surface area contributed by atoms with Gasteiger partial charge in [-0.05, 0) is 6.07 Å². The van der Waals surface area contributed by atoms with Crippen LogP contribution in [0.15, 0.2) is 59.5 Å². The molecule has 2 N–H and O–H groups in total. The molecule has 0 unspecified atom stereocenters. The maximum atomic E-state index is 12.6. The minimum atomic E-state index is -1.30. The molecule has 114 valence electrons. The van der Waals surface area contributed by atoms with Gasteiger partial charge in [-0.1, -0.05) is 36.4 Å². The predicted molar refractivity (Wildman–Crippen MR) is 80.6 cm³/mol. The molecule has 1 heterocycles. The summed E-state index contributed by atoms with van der Waals surface area (Å²) in [5.41, 5.74) is -0.113. The van der Waals surface area contributed by atoms with Crippen LogP contribution in [0.3, 0.4) is 0 Å². The van der Waals surface area contributed by atoms with E-state index in [2.05, 4.69) is 5.32 Å². The Morgan fingerprint density at radius 3 is 2.41 bits per heavy atom. The predicted octanol–water partition coefficient (Wildman–Crippen LogP) is 0.381. The number of ketones is 1. The summed E-state index contributed by atoms with van der Waals surface area (Å²) in [7, 11) is 0. The second-order valence-electron chi connectivity index (χ2n) is 4.59. The fourth-order valence-electron chi connectivity index (χ4n) is 2.06. The number of Topliss-reactive ketones (excluding diaryl/α,β-unsaturated/α-hetero) is 1. The molecular formula is C16H16N2O4. The number of carbonyl (C=O) groups excluding carboxylic acids is 2. The van der Waals surface area contributed by atoms with Gasteiger partial charge in [-0.15, -0.1) is 0 Å². The van der Waals surface area contributed by atoms with Crippen molar-refractivity contribution in [2.75, 3.05) is 13.2 Å². The summed E-state index contributed by atoms with van der Waals surface area (Å²) in [5, 5.41) is 11.2. The third kappa shape index (κ3) is 3.48. The minimum absolute atomic E-state index is 0.0129. The van der Waals surface area contributed by atoms with E-state index < -0.39 is 23.3 Å². The lowest BCUT2D eigenvalue weighted by Crippen LogP contribution is -2.42. The molecule has 0 radical (unpaired) electrons. The van der Waals surface area contributed by atoms with Gasteiger partial charge in [0.15, 0.2) is 11.8 Å². The molecule has 0 aliphatic carbocycles. The monoisotopic (exact) mass is 300 g/mol. The van der Waals surface area contributed by atoms with E-state index in [4.69, 9.17) is 5.11 Å². The number of hydrogen-bond acceptors (Lipinski definition) is 4. The van der Waals surface area contributed by atoms with Crippen LogP contribution in [0.1, 0.15) is 16.4 Å². The largest absolute Gasteiger partial charge is 0.395 e. The van der Waals surface area contributed by atoms with Crippen molar-refractivity contribution in [3.8, 4) is 0 Å². The Kier molecular flexibility index (Phi) is 5.21. The number of pyridine rings is 1. The number of rotatable bonds is 6. The highest BCUT2D eigenvalue weighted by atomic mass is 16.3. The molecule has 0 spiro atoms. The fraction of sp³-hybridized carbons (Fsp3) is 0.188. The van der Waals surface area contributed by atoms with E-state index in [9.17, 15) is 14.4 Å². The summed E-state index contributed by atoms with van der Waals surface area (Å²) in [6.07, 6.45) is 1.40. The van der Waals surface area contributed by atoms with E-state index in [-0.39, 0.29) is 13.2 Å². The summed E-state index contributed by atoms with van der Waals surface area (Å²) < 4.78 is 1.09. The number of amides is 1. The molecule has 6 heteroatoms. The number of benzene rings is 1. The lowest BCUT2D eigenvalue weighted by atomic mass is 10.0. The third-order valence-corrected chi connectivity index (χ3v) is 3.10. The van der Waals surface area contributed by atoms with Crippen molar-refractivity contribution in [2.45, 2.75) is 6.04 Å². The zero-order valence-electron chi connectivity index (χ0n) is 11.8. The SMILES string of the molecule is O=C(NCCO)[C@@H](C(=O)c1ccccc1)n1ccccc1=O. The molecule has 2 aromatic rings. The Labute approximate surface area is 127 Å². The first-order valence-electron chi connectivity index (χ1n) is 6.80. The Bertz CT molecular complexity index is 709. The second-order valence-corrected chi connectivity index (χ2v) is 4.59. The van der Waals surface area contributed by atoms with Crippen molar-refractivity contribution in [3.63, 3.8) is 0 Å². The quantitative estimate of drug-likeness (QED) is 0.596. The zero-order valence-corrected chi connectivity index (χ0v) is 11.8.